The van der Waals surface area contributed by atoms with Crippen LogP contribution in [0.4, 0.5) is 0 Å². The van der Waals surface area contributed by atoms with Crippen molar-refractivity contribution in [2.45, 2.75) is 20.0 Å². The third-order valence-corrected chi connectivity index (χ3v) is 3.61. The molecule has 4 heteroatoms. The maximum Gasteiger partial charge on any atom is 0.0634 e. The average Bonchev–Trinajstić information content (AvgIpc) is 2.67. The maximum atomic E-state index is 6.01. The van der Waals surface area contributed by atoms with Gasteiger partial charge in [0.05, 0.1) is 5.02 Å². The summed E-state index contributed by atoms with van der Waals surface area (Å²) in [5, 5.41) is 4.09. The number of aryl methyl sites for hydroxylation is 1. The first-order valence-electron chi connectivity index (χ1n) is 5.10. The van der Waals surface area contributed by atoms with Gasteiger partial charge in [0.1, 0.15) is 0 Å². The summed E-state index contributed by atoms with van der Waals surface area (Å²) in [5.74, 6) is 0. The van der Waals surface area contributed by atoms with Crippen LogP contribution in [0.5, 0.6) is 0 Å². The van der Waals surface area contributed by atoms with E-state index in [0.29, 0.717) is 0 Å². The summed E-state index contributed by atoms with van der Waals surface area (Å²) < 4.78 is 0. The first-order chi connectivity index (χ1) is 7.75. The molecule has 0 atom stereocenters. The highest BCUT2D eigenvalue weighted by Gasteiger charge is 2.00. The third-order valence-electron chi connectivity index (χ3n) is 2.27. The van der Waals surface area contributed by atoms with Gasteiger partial charge in [0.25, 0.3) is 0 Å². The molecular formula is C12H13ClN2S. The molecule has 0 unspecified atom stereocenters. The quantitative estimate of drug-likeness (QED) is 0.902. The Morgan fingerprint density at radius 3 is 2.88 bits per heavy atom. The zero-order valence-electron chi connectivity index (χ0n) is 9.03. The van der Waals surface area contributed by atoms with Crippen molar-refractivity contribution in [1.29, 1.82) is 0 Å². The van der Waals surface area contributed by atoms with Gasteiger partial charge in [-0.2, -0.15) is 0 Å². The predicted octanol–water partition coefficient (Wildman–Crippen LogP) is 3.39. The number of rotatable bonds is 4. The van der Waals surface area contributed by atoms with Crippen LogP contribution >= 0.6 is 22.9 Å². The minimum atomic E-state index is 0.720. The van der Waals surface area contributed by atoms with Crippen LogP contribution in [0.2, 0.25) is 5.02 Å². The maximum absolute atomic E-state index is 6.01. The van der Waals surface area contributed by atoms with Crippen molar-refractivity contribution in [1.82, 2.24) is 10.3 Å². The largest absolute Gasteiger partial charge is 0.308 e. The van der Waals surface area contributed by atoms with Crippen LogP contribution < -0.4 is 5.32 Å². The van der Waals surface area contributed by atoms with Gasteiger partial charge in [-0.05, 0) is 30.7 Å². The second kappa shape index (κ2) is 5.43. The Hall–Kier alpha value is -0.900. The van der Waals surface area contributed by atoms with Crippen molar-refractivity contribution in [3.05, 3.63) is 50.9 Å². The van der Waals surface area contributed by atoms with Crippen LogP contribution in [-0.2, 0) is 13.1 Å². The lowest BCUT2D eigenvalue weighted by Gasteiger charge is -2.04. The molecule has 0 radical (unpaired) electrons. The first-order valence-corrected chi connectivity index (χ1v) is 6.29. The Morgan fingerprint density at radius 2 is 2.19 bits per heavy atom. The minimum absolute atomic E-state index is 0.720. The van der Waals surface area contributed by atoms with Crippen molar-refractivity contribution >= 4 is 22.9 Å². The molecule has 0 saturated carbocycles. The van der Waals surface area contributed by atoms with E-state index >= 15 is 0 Å². The standard InChI is InChI=1S/C12H13ClN2S/c1-9-2-3-11(16-9)7-15-6-10-4-5-14-8-12(10)13/h2-5,8,15H,6-7H2,1H3. The Bertz CT molecular complexity index is 468. The molecule has 0 bridgehead atoms. The Labute approximate surface area is 104 Å². The summed E-state index contributed by atoms with van der Waals surface area (Å²) in [4.78, 5) is 6.65. The summed E-state index contributed by atoms with van der Waals surface area (Å²) in [6, 6.07) is 6.23. The van der Waals surface area contributed by atoms with Gasteiger partial charge in [0.2, 0.25) is 0 Å². The number of pyridine rings is 1. The van der Waals surface area contributed by atoms with E-state index in [2.05, 4.69) is 29.4 Å². The molecule has 0 amide bonds. The molecule has 2 aromatic rings. The monoisotopic (exact) mass is 252 g/mol. The SMILES string of the molecule is Cc1ccc(CNCc2ccncc2Cl)s1. The second-order valence-electron chi connectivity index (χ2n) is 3.58. The molecule has 0 aliphatic rings. The van der Waals surface area contributed by atoms with Gasteiger partial charge < -0.3 is 5.32 Å². The molecule has 2 nitrogen and oxygen atoms in total. The molecule has 84 valence electrons. The molecule has 1 N–H and O–H groups in total. The number of halogens is 1. The van der Waals surface area contributed by atoms with E-state index in [0.717, 1.165) is 23.7 Å². The van der Waals surface area contributed by atoms with Gasteiger partial charge in [-0.25, -0.2) is 0 Å². The normalized spacial score (nSPS) is 10.6. The van der Waals surface area contributed by atoms with Gasteiger partial charge in [-0.1, -0.05) is 11.6 Å². The minimum Gasteiger partial charge on any atom is -0.308 e. The average molecular weight is 253 g/mol. The molecule has 2 rings (SSSR count). The van der Waals surface area contributed by atoms with E-state index in [-0.39, 0.29) is 0 Å². The van der Waals surface area contributed by atoms with Crippen LogP contribution in [0, 0.1) is 6.92 Å². The van der Waals surface area contributed by atoms with Gasteiger partial charge in [0.15, 0.2) is 0 Å². The van der Waals surface area contributed by atoms with Gasteiger partial charge in [0, 0.05) is 35.2 Å². The fraction of sp³-hybridized carbons (Fsp3) is 0.250. The van der Waals surface area contributed by atoms with Crippen LogP contribution in [-0.4, -0.2) is 4.98 Å². The van der Waals surface area contributed by atoms with Crippen LogP contribution in [0.3, 0.4) is 0 Å². The zero-order valence-corrected chi connectivity index (χ0v) is 10.6. The molecule has 2 heterocycles. The molecule has 0 fully saturated rings. The number of aromatic nitrogens is 1. The molecule has 0 aliphatic heterocycles. The van der Waals surface area contributed by atoms with E-state index in [1.165, 1.54) is 9.75 Å². The molecule has 0 aromatic carbocycles. The lowest BCUT2D eigenvalue weighted by molar-refractivity contribution is 0.700. The first kappa shape index (κ1) is 11.6. The molecule has 0 spiro atoms. The van der Waals surface area contributed by atoms with E-state index in [1.54, 1.807) is 12.4 Å². The van der Waals surface area contributed by atoms with Crippen molar-refractivity contribution < 1.29 is 0 Å². The van der Waals surface area contributed by atoms with Crippen LogP contribution in [0.15, 0.2) is 30.6 Å². The van der Waals surface area contributed by atoms with Crippen molar-refractivity contribution in [2.75, 3.05) is 0 Å². The second-order valence-corrected chi connectivity index (χ2v) is 5.36. The number of hydrogen-bond acceptors (Lipinski definition) is 3. The molecule has 16 heavy (non-hydrogen) atoms. The van der Waals surface area contributed by atoms with Crippen molar-refractivity contribution in [3.63, 3.8) is 0 Å². The van der Waals surface area contributed by atoms with Crippen molar-refractivity contribution in [3.8, 4) is 0 Å². The summed E-state index contributed by atoms with van der Waals surface area (Å²) >= 11 is 7.83. The van der Waals surface area contributed by atoms with Crippen LogP contribution in [0.25, 0.3) is 0 Å². The predicted molar refractivity (Wildman–Crippen MR) is 68.8 cm³/mol. The lowest BCUT2D eigenvalue weighted by atomic mass is 10.2. The van der Waals surface area contributed by atoms with Crippen molar-refractivity contribution in [2.24, 2.45) is 0 Å². The Balaban J connectivity index is 1.87. The summed E-state index contributed by atoms with van der Waals surface area (Å²) in [7, 11) is 0. The lowest BCUT2D eigenvalue weighted by Crippen LogP contribution is -2.12. The highest BCUT2D eigenvalue weighted by molar-refractivity contribution is 7.11. The number of hydrogen-bond donors (Lipinski definition) is 1. The molecule has 0 aliphatic carbocycles. The highest BCUT2D eigenvalue weighted by atomic mass is 35.5. The van der Waals surface area contributed by atoms with E-state index < -0.39 is 0 Å². The Kier molecular flexibility index (Phi) is 3.93. The Morgan fingerprint density at radius 1 is 1.31 bits per heavy atom. The zero-order chi connectivity index (χ0) is 11.4. The molecular weight excluding hydrogens is 240 g/mol. The fourth-order valence-electron chi connectivity index (χ4n) is 1.45. The van der Waals surface area contributed by atoms with Crippen LogP contribution in [0.1, 0.15) is 15.3 Å². The number of nitrogens with zero attached hydrogens (tertiary/aromatic N) is 1. The molecule has 0 saturated heterocycles. The highest BCUT2D eigenvalue weighted by Crippen LogP contribution is 2.16. The topological polar surface area (TPSA) is 24.9 Å². The summed E-state index contributed by atoms with van der Waals surface area (Å²) in [6.45, 7) is 3.78. The number of thiophene rings is 1. The van der Waals surface area contributed by atoms with E-state index in [4.69, 9.17) is 11.6 Å². The van der Waals surface area contributed by atoms with Gasteiger partial charge in [-0.15, -0.1) is 11.3 Å². The summed E-state index contributed by atoms with van der Waals surface area (Å²) in [6.07, 6.45) is 3.44. The summed E-state index contributed by atoms with van der Waals surface area (Å²) in [5.41, 5.74) is 1.09. The fourth-order valence-corrected chi connectivity index (χ4v) is 2.49. The third kappa shape index (κ3) is 3.04. The van der Waals surface area contributed by atoms with E-state index in [1.807, 2.05) is 17.4 Å². The van der Waals surface area contributed by atoms with Gasteiger partial charge >= 0.3 is 0 Å². The number of nitrogens with one attached hydrogen (secondary N) is 1. The smallest absolute Gasteiger partial charge is 0.0634 e. The van der Waals surface area contributed by atoms with E-state index in [9.17, 15) is 0 Å². The van der Waals surface area contributed by atoms with Gasteiger partial charge in [-0.3, -0.25) is 4.98 Å². The molecule has 2 aromatic heterocycles.